The molecule has 0 spiro atoms. The van der Waals surface area contributed by atoms with Crippen LogP contribution in [0.1, 0.15) is 49.4 Å². The number of hydrogen-bond donors (Lipinski definition) is 0. The molecule has 1 aromatic rings. The van der Waals surface area contributed by atoms with E-state index in [4.69, 9.17) is 4.74 Å². The monoisotopic (exact) mass is 395 g/mol. The summed E-state index contributed by atoms with van der Waals surface area (Å²) >= 11 is 3.33. The van der Waals surface area contributed by atoms with Gasteiger partial charge >= 0.3 is 5.97 Å². The first-order valence-corrected chi connectivity index (χ1v) is 9.07. The van der Waals surface area contributed by atoms with Crippen LogP contribution in [0, 0.1) is 0 Å². The van der Waals surface area contributed by atoms with E-state index in [2.05, 4.69) is 15.9 Å². The molecule has 1 heterocycles. The Balaban J connectivity index is 1.93. The second-order valence-corrected chi connectivity index (χ2v) is 6.70. The first kappa shape index (κ1) is 18.6. The third kappa shape index (κ3) is 4.90. The molecule has 1 aliphatic rings. The number of ketones is 1. The Bertz CT molecular complexity index is 600. The van der Waals surface area contributed by atoms with Crippen LogP contribution in [0.4, 0.5) is 0 Å². The molecule has 24 heavy (non-hydrogen) atoms. The highest BCUT2D eigenvalue weighted by Gasteiger charge is 2.32. The number of benzene rings is 1. The molecular formula is C18H22BrNO4. The van der Waals surface area contributed by atoms with Gasteiger partial charge in [0.25, 0.3) is 0 Å². The highest BCUT2D eigenvalue weighted by Crippen LogP contribution is 2.20. The van der Waals surface area contributed by atoms with Crippen LogP contribution in [-0.2, 0) is 14.3 Å². The maximum absolute atomic E-state index is 12.5. The van der Waals surface area contributed by atoms with Crippen LogP contribution in [0.15, 0.2) is 28.7 Å². The van der Waals surface area contributed by atoms with Crippen molar-refractivity contribution in [2.75, 3.05) is 13.2 Å². The van der Waals surface area contributed by atoms with Gasteiger partial charge in [-0.05, 0) is 38.3 Å². The molecule has 6 heteroatoms. The van der Waals surface area contributed by atoms with E-state index < -0.39 is 6.04 Å². The number of likely N-dealkylation sites (tertiary alicyclic amines) is 1. The summed E-state index contributed by atoms with van der Waals surface area (Å²) in [5.41, 5.74) is 0.589. The van der Waals surface area contributed by atoms with Gasteiger partial charge in [-0.1, -0.05) is 28.1 Å². The Morgan fingerprint density at radius 1 is 1.17 bits per heavy atom. The van der Waals surface area contributed by atoms with Crippen LogP contribution in [0.5, 0.6) is 0 Å². The van der Waals surface area contributed by atoms with Gasteiger partial charge in [-0.15, -0.1) is 0 Å². The van der Waals surface area contributed by atoms with E-state index in [9.17, 15) is 14.4 Å². The van der Waals surface area contributed by atoms with Crippen molar-refractivity contribution < 1.29 is 19.1 Å². The number of rotatable bonds is 6. The third-order valence-electron chi connectivity index (χ3n) is 4.11. The Morgan fingerprint density at radius 2 is 1.88 bits per heavy atom. The number of halogens is 1. The van der Waals surface area contributed by atoms with Crippen molar-refractivity contribution in [3.05, 3.63) is 34.3 Å². The molecule has 0 bridgehead atoms. The molecule has 0 N–H and O–H groups in total. The molecule has 130 valence electrons. The van der Waals surface area contributed by atoms with Gasteiger partial charge in [0, 0.05) is 29.4 Å². The number of carbonyl (C=O) groups is 3. The van der Waals surface area contributed by atoms with Gasteiger partial charge in [0.05, 0.1) is 6.61 Å². The fourth-order valence-corrected chi connectivity index (χ4v) is 3.12. The van der Waals surface area contributed by atoms with Gasteiger partial charge in [0.2, 0.25) is 5.91 Å². The number of ether oxygens (including phenoxy) is 1. The molecule has 0 aromatic heterocycles. The van der Waals surface area contributed by atoms with Crippen molar-refractivity contribution in [3.63, 3.8) is 0 Å². The SMILES string of the molecule is CCOC(=O)C1CCCCN1C(=O)CCC(=O)c1ccc(Br)cc1. The van der Waals surface area contributed by atoms with Crippen molar-refractivity contribution in [2.24, 2.45) is 0 Å². The largest absolute Gasteiger partial charge is 0.464 e. The van der Waals surface area contributed by atoms with Crippen LogP contribution in [0.2, 0.25) is 0 Å². The summed E-state index contributed by atoms with van der Waals surface area (Å²) in [6.45, 7) is 2.61. The van der Waals surface area contributed by atoms with Gasteiger partial charge in [0.15, 0.2) is 5.78 Å². The molecule has 1 amide bonds. The zero-order valence-electron chi connectivity index (χ0n) is 13.8. The predicted octanol–water partition coefficient (Wildman–Crippen LogP) is 3.36. The molecule has 1 saturated heterocycles. The summed E-state index contributed by atoms with van der Waals surface area (Å²) < 4.78 is 5.97. The molecule has 1 aliphatic heterocycles. The molecule has 2 rings (SSSR count). The summed E-state index contributed by atoms with van der Waals surface area (Å²) in [4.78, 5) is 38.2. The molecule has 0 saturated carbocycles. The van der Waals surface area contributed by atoms with Gasteiger partial charge in [-0.25, -0.2) is 4.79 Å². The maximum Gasteiger partial charge on any atom is 0.328 e. The number of hydrogen-bond acceptors (Lipinski definition) is 4. The van der Waals surface area contributed by atoms with Gasteiger partial charge < -0.3 is 9.64 Å². The number of piperidine rings is 1. The number of amides is 1. The second kappa shape index (κ2) is 8.97. The molecular weight excluding hydrogens is 374 g/mol. The zero-order chi connectivity index (χ0) is 17.5. The Labute approximate surface area is 150 Å². The quantitative estimate of drug-likeness (QED) is 0.547. The van der Waals surface area contributed by atoms with Crippen molar-refractivity contribution in [1.82, 2.24) is 4.90 Å². The predicted molar refractivity (Wildman–Crippen MR) is 93.7 cm³/mol. The maximum atomic E-state index is 12.5. The Hall–Kier alpha value is -1.69. The summed E-state index contributed by atoms with van der Waals surface area (Å²) in [6, 6.07) is 6.57. The molecule has 1 unspecified atom stereocenters. The van der Waals surface area contributed by atoms with Crippen LogP contribution in [0.25, 0.3) is 0 Å². The van der Waals surface area contributed by atoms with Crippen molar-refractivity contribution in [1.29, 1.82) is 0 Å². The number of carbonyl (C=O) groups excluding carboxylic acids is 3. The highest BCUT2D eigenvalue weighted by atomic mass is 79.9. The fraction of sp³-hybridized carbons (Fsp3) is 0.500. The minimum atomic E-state index is -0.506. The lowest BCUT2D eigenvalue weighted by Crippen LogP contribution is -2.48. The minimum Gasteiger partial charge on any atom is -0.464 e. The molecule has 5 nitrogen and oxygen atoms in total. The lowest BCUT2D eigenvalue weighted by Gasteiger charge is -2.34. The Morgan fingerprint density at radius 3 is 2.54 bits per heavy atom. The van der Waals surface area contributed by atoms with Crippen molar-refractivity contribution >= 4 is 33.6 Å². The first-order chi connectivity index (χ1) is 11.5. The lowest BCUT2D eigenvalue weighted by molar-refractivity contribution is -0.156. The van der Waals surface area contributed by atoms with E-state index in [1.165, 1.54) is 0 Å². The van der Waals surface area contributed by atoms with Crippen molar-refractivity contribution in [2.45, 2.75) is 45.1 Å². The standard InChI is InChI=1S/C18H22BrNO4/c1-2-24-18(23)15-5-3-4-12-20(15)17(22)11-10-16(21)13-6-8-14(19)9-7-13/h6-9,15H,2-5,10-12H2,1H3. The van der Waals surface area contributed by atoms with Crippen LogP contribution >= 0.6 is 15.9 Å². The van der Waals surface area contributed by atoms with Crippen molar-refractivity contribution in [3.8, 4) is 0 Å². The van der Waals surface area contributed by atoms with E-state index in [0.717, 1.165) is 17.3 Å². The van der Waals surface area contributed by atoms with Gasteiger partial charge in [0.1, 0.15) is 6.04 Å². The van der Waals surface area contributed by atoms with E-state index in [0.29, 0.717) is 25.1 Å². The minimum absolute atomic E-state index is 0.0689. The first-order valence-electron chi connectivity index (χ1n) is 8.27. The van der Waals surface area contributed by atoms with E-state index in [1.54, 1.807) is 36.1 Å². The molecule has 1 fully saturated rings. The van der Waals surface area contributed by atoms with Crippen LogP contribution in [0.3, 0.4) is 0 Å². The van der Waals surface area contributed by atoms with Crippen LogP contribution < -0.4 is 0 Å². The normalized spacial score (nSPS) is 17.4. The van der Waals surface area contributed by atoms with Gasteiger partial charge in [-0.3, -0.25) is 9.59 Å². The fourth-order valence-electron chi connectivity index (χ4n) is 2.86. The summed E-state index contributed by atoms with van der Waals surface area (Å²) in [5.74, 6) is -0.566. The van der Waals surface area contributed by atoms with E-state index in [-0.39, 0.29) is 30.5 Å². The summed E-state index contributed by atoms with van der Waals surface area (Å²) in [7, 11) is 0. The molecule has 0 radical (unpaired) electrons. The molecule has 0 aliphatic carbocycles. The van der Waals surface area contributed by atoms with E-state index in [1.807, 2.05) is 0 Å². The summed E-state index contributed by atoms with van der Waals surface area (Å²) in [5, 5.41) is 0. The average molecular weight is 396 g/mol. The number of nitrogens with zero attached hydrogens (tertiary/aromatic N) is 1. The van der Waals surface area contributed by atoms with Gasteiger partial charge in [-0.2, -0.15) is 0 Å². The average Bonchev–Trinajstić information content (AvgIpc) is 2.60. The Kier molecular flexibility index (Phi) is 6.97. The topological polar surface area (TPSA) is 63.7 Å². The lowest BCUT2D eigenvalue weighted by atomic mass is 10.0. The van der Waals surface area contributed by atoms with E-state index >= 15 is 0 Å². The smallest absolute Gasteiger partial charge is 0.328 e. The second-order valence-electron chi connectivity index (χ2n) is 5.78. The summed E-state index contributed by atoms with van der Waals surface area (Å²) in [6.07, 6.45) is 2.68. The number of Topliss-reactive ketones (excluding diaryl/α,β-unsaturated/α-hetero) is 1. The van der Waals surface area contributed by atoms with Crippen LogP contribution in [-0.4, -0.2) is 41.8 Å². The zero-order valence-corrected chi connectivity index (χ0v) is 15.4. The third-order valence-corrected chi connectivity index (χ3v) is 4.64. The molecule has 1 atom stereocenters. The number of esters is 1. The highest BCUT2D eigenvalue weighted by molar-refractivity contribution is 9.10. The molecule has 1 aromatic carbocycles.